The predicted octanol–water partition coefficient (Wildman–Crippen LogP) is 2.01. The summed E-state index contributed by atoms with van der Waals surface area (Å²) in [6.45, 7) is 0.246. The number of benzene rings is 1. The van der Waals surface area contributed by atoms with Crippen LogP contribution in [0.3, 0.4) is 0 Å². The summed E-state index contributed by atoms with van der Waals surface area (Å²) >= 11 is 6.14. The van der Waals surface area contributed by atoms with E-state index in [2.05, 4.69) is 15.3 Å². The van der Waals surface area contributed by atoms with Gasteiger partial charge in [-0.15, -0.1) is 0 Å². The molecular weight excluding hydrogens is 430 g/mol. The molecule has 8 nitrogen and oxygen atoms in total. The fraction of sp³-hybridized carbons (Fsp3) is 0.174. The van der Waals surface area contributed by atoms with Gasteiger partial charge in [0, 0.05) is 30.2 Å². The summed E-state index contributed by atoms with van der Waals surface area (Å²) in [5, 5.41) is 3.41. The summed E-state index contributed by atoms with van der Waals surface area (Å²) in [5.41, 5.74) is 0.950. The van der Waals surface area contributed by atoms with Gasteiger partial charge in [-0.3, -0.25) is 28.5 Å². The van der Waals surface area contributed by atoms with Gasteiger partial charge in [0.25, 0.3) is 0 Å². The van der Waals surface area contributed by atoms with E-state index < -0.39 is 11.1 Å². The minimum atomic E-state index is -0.777. The number of nitrogens with one attached hydrogen (secondary N) is 1. The highest BCUT2D eigenvalue weighted by Crippen LogP contribution is 2.15. The van der Waals surface area contributed by atoms with Gasteiger partial charge >= 0.3 is 11.1 Å². The van der Waals surface area contributed by atoms with Gasteiger partial charge in [-0.2, -0.15) is 0 Å². The van der Waals surface area contributed by atoms with Crippen molar-refractivity contribution in [1.29, 1.82) is 0 Å². The van der Waals surface area contributed by atoms with E-state index in [1.165, 1.54) is 9.13 Å². The van der Waals surface area contributed by atoms with E-state index in [-0.39, 0.29) is 19.0 Å². The standard InChI is InChI=1S/C23H20ClN5O3/c24-18-5-2-1-4-17(18)9-13-26-20(30)15-28-19-6-3-10-27-21(19)29(23(32)22(28)31)14-16-7-11-25-12-8-16/h1-8,10-12H,9,13-15H2,(H,26,30). The Hall–Kier alpha value is -3.78. The number of hydrogen-bond acceptors (Lipinski definition) is 5. The zero-order valence-corrected chi connectivity index (χ0v) is 17.8. The highest BCUT2D eigenvalue weighted by Gasteiger charge is 2.16. The smallest absolute Gasteiger partial charge is 0.318 e. The molecule has 0 unspecified atom stereocenters. The molecule has 0 radical (unpaired) electrons. The van der Waals surface area contributed by atoms with Crippen LogP contribution in [0.1, 0.15) is 11.1 Å². The van der Waals surface area contributed by atoms with Crippen LogP contribution in [-0.2, 0) is 24.3 Å². The van der Waals surface area contributed by atoms with Gasteiger partial charge < -0.3 is 5.32 Å². The van der Waals surface area contributed by atoms with Crippen molar-refractivity contribution in [3.05, 3.63) is 104 Å². The minimum absolute atomic E-state index is 0.176. The quantitative estimate of drug-likeness (QED) is 0.435. The average molecular weight is 450 g/mol. The second-order valence-corrected chi connectivity index (χ2v) is 7.58. The Bertz CT molecular complexity index is 1380. The fourth-order valence-corrected chi connectivity index (χ4v) is 3.69. The maximum Gasteiger partial charge on any atom is 0.318 e. The molecule has 3 aromatic heterocycles. The zero-order chi connectivity index (χ0) is 22.5. The number of carbonyl (C=O) groups is 1. The van der Waals surface area contributed by atoms with Crippen LogP contribution >= 0.6 is 11.6 Å². The van der Waals surface area contributed by atoms with E-state index in [1.807, 2.05) is 18.2 Å². The molecule has 0 aliphatic heterocycles. The zero-order valence-electron chi connectivity index (χ0n) is 17.1. The maximum absolute atomic E-state index is 12.9. The van der Waals surface area contributed by atoms with Crippen LogP contribution in [0, 0.1) is 0 Å². The Morgan fingerprint density at radius 2 is 1.69 bits per heavy atom. The van der Waals surface area contributed by atoms with Gasteiger partial charge in [0.05, 0.1) is 12.1 Å². The van der Waals surface area contributed by atoms with Gasteiger partial charge in [0.1, 0.15) is 6.54 Å². The first-order chi connectivity index (χ1) is 15.5. The van der Waals surface area contributed by atoms with Crippen molar-refractivity contribution in [2.24, 2.45) is 0 Å². The topological polar surface area (TPSA) is 98.9 Å². The molecule has 4 aromatic rings. The van der Waals surface area contributed by atoms with Gasteiger partial charge in [-0.05, 0) is 47.9 Å². The molecule has 1 aromatic carbocycles. The van der Waals surface area contributed by atoms with Crippen molar-refractivity contribution >= 4 is 28.7 Å². The van der Waals surface area contributed by atoms with Crippen molar-refractivity contribution in [3.63, 3.8) is 0 Å². The second-order valence-electron chi connectivity index (χ2n) is 7.18. The van der Waals surface area contributed by atoms with Crippen LogP contribution in [0.4, 0.5) is 0 Å². The van der Waals surface area contributed by atoms with Crippen LogP contribution in [0.15, 0.2) is 76.7 Å². The number of nitrogens with zero attached hydrogens (tertiary/aromatic N) is 4. The van der Waals surface area contributed by atoms with E-state index in [4.69, 9.17) is 11.6 Å². The molecule has 3 heterocycles. The molecule has 0 aliphatic carbocycles. The number of pyridine rings is 2. The van der Waals surface area contributed by atoms with Crippen LogP contribution in [0.5, 0.6) is 0 Å². The molecule has 0 atom stereocenters. The highest BCUT2D eigenvalue weighted by atomic mass is 35.5. The largest absolute Gasteiger partial charge is 0.354 e. The molecule has 9 heteroatoms. The lowest BCUT2D eigenvalue weighted by Crippen LogP contribution is -2.44. The first-order valence-corrected chi connectivity index (χ1v) is 10.4. The molecule has 1 amide bonds. The average Bonchev–Trinajstić information content (AvgIpc) is 2.81. The summed E-state index contributed by atoms with van der Waals surface area (Å²) in [4.78, 5) is 46.5. The van der Waals surface area contributed by atoms with Gasteiger partial charge in [-0.25, -0.2) is 4.98 Å². The number of rotatable bonds is 7. The van der Waals surface area contributed by atoms with Gasteiger partial charge in [0.2, 0.25) is 5.91 Å². The first kappa shape index (κ1) is 21.5. The van der Waals surface area contributed by atoms with E-state index in [1.54, 1.807) is 48.9 Å². The Morgan fingerprint density at radius 1 is 0.938 bits per heavy atom. The third-order valence-corrected chi connectivity index (χ3v) is 5.42. The number of halogens is 1. The molecule has 0 aliphatic rings. The van der Waals surface area contributed by atoms with Gasteiger partial charge in [-0.1, -0.05) is 29.8 Å². The molecule has 0 saturated heterocycles. The van der Waals surface area contributed by atoms with E-state index >= 15 is 0 Å². The molecule has 162 valence electrons. The van der Waals surface area contributed by atoms with Crippen molar-refractivity contribution in [1.82, 2.24) is 24.4 Å². The Labute approximate surface area is 188 Å². The fourth-order valence-electron chi connectivity index (χ4n) is 3.46. The summed E-state index contributed by atoms with van der Waals surface area (Å²) < 4.78 is 2.48. The number of amides is 1. The molecule has 4 rings (SSSR count). The Balaban J connectivity index is 1.58. The lowest BCUT2D eigenvalue weighted by atomic mass is 10.1. The number of hydrogen-bond donors (Lipinski definition) is 1. The Kier molecular flexibility index (Phi) is 6.42. The molecule has 0 saturated carbocycles. The van der Waals surface area contributed by atoms with Crippen molar-refractivity contribution in [3.8, 4) is 0 Å². The number of carbonyl (C=O) groups excluding carboxylic acids is 1. The van der Waals surface area contributed by atoms with Crippen molar-refractivity contribution in [2.75, 3.05) is 6.54 Å². The molecule has 0 fully saturated rings. The van der Waals surface area contributed by atoms with Crippen molar-refractivity contribution < 1.29 is 4.79 Å². The van der Waals surface area contributed by atoms with Crippen LogP contribution in [0.25, 0.3) is 11.2 Å². The summed E-state index contributed by atoms with van der Waals surface area (Å²) in [6, 6.07) is 14.3. The molecular formula is C23H20ClN5O3. The molecule has 0 bridgehead atoms. The SMILES string of the molecule is O=C(Cn1c(=O)c(=O)n(Cc2ccncc2)c2ncccc21)NCCc1ccccc1Cl. The molecule has 1 N–H and O–H groups in total. The van der Waals surface area contributed by atoms with Crippen molar-refractivity contribution in [2.45, 2.75) is 19.5 Å². The maximum atomic E-state index is 12.9. The van der Waals surface area contributed by atoms with E-state index in [0.717, 1.165) is 11.1 Å². The molecule has 32 heavy (non-hydrogen) atoms. The first-order valence-electron chi connectivity index (χ1n) is 10.0. The summed E-state index contributed by atoms with van der Waals surface area (Å²) in [6.07, 6.45) is 5.33. The molecule has 0 spiro atoms. The summed E-state index contributed by atoms with van der Waals surface area (Å²) in [5.74, 6) is -0.379. The number of fused-ring (bicyclic) bond motifs is 1. The third kappa shape index (κ3) is 4.60. The highest BCUT2D eigenvalue weighted by molar-refractivity contribution is 6.31. The third-order valence-electron chi connectivity index (χ3n) is 5.05. The normalized spacial score (nSPS) is 10.9. The van der Waals surface area contributed by atoms with Gasteiger partial charge in [0.15, 0.2) is 5.65 Å². The van der Waals surface area contributed by atoms with Crippen LogP contribution < -0.4 is 16.4 Å². The van der Waals surface area contributed by atoms with E-state index in [9.17, 15) is 14.4 Å². The van der Waals surface area contributed by atoms with E-state index in [0.29, 0.717) is 29.2 Å². The summed E-state index contributed by atoms with van der Waals surface area (Å²) in [7, 11) is 0. The van der Waals surface area contributed by atoms with Crippen LogP contribution in [0.2, 0.25) is 5.02 Å². The van der Waals surface area contributed by atoms with Crippen LogP contribution in [-0.4, -0.2) is 31.6 Å². The Morgan fingerprint density at radius 3 is 2.47 bits per heavy atom. The predicted molar refractivity (Wildman–Crippen MR) is 122 cm³/mol. The number of aromatic nitrogens is 4. The lowest BCUT2D eigenvalue weighted by molar-refractivity contribution is -0.121. The second kappa shape index (κ2) is 9.57. The minimum Gasteiger partial charge on any atom is -0.354 e. The lowest BCUT2D eigenvalue weighted by Gasteiger charge is -2.14. The monoisotopic (exact) mass is 449 g/mol.